The fourth-order valence-corrected chi connectivity index (χ4v) is 1.38. The number of aliphatic carboxylic acids is 1. The second kappa shape index (κ2) is 2.90. The van der Waals surface area contributed by atoms with E-state index in [1.165, 1.54) is 4.90 Å². The zero-order valence-corrected chi connectivity index (χ0v) is 6.28. The quantitative estimate of drug-likeness (QED) is 0.604. The first-order chi connectivity index (χ1) is 5.15. The molecule has 1 radical (unpaired) electrons. The van der Waals surface area contributed by atoms with Gasteiger partial charge in [-0.05, 0) is 12.3 Å². The highest BCUT2D eigenvalue weighted by atomic mass is 16.4. The standard InChI is InChI=1S/C7H10NO3/c1-5-2-6(7(10)11)8(3-5)4-9/h5-6H,2-3H2,1H3,(H,10,11). The van der Waals surface area contributed by atoms with Crippen LogP contribution in [0.25, 0.3) is 0 Å². The first-order valence-electron chi connectivity index (χ1n) is 3.52. The van der Waals surface area contributed by atoms with Gasteiger partial charge in [0.05, 0.1) is 0 Å². The van der Waals surface area contributed by atoms with E-state index < -0.39 is 12.0 Å². The van der Waals surface area contributed by atoms with Gasteiger partial charge in [0.2, 0.25) is 0 Å². The van der Waals surface area contributed by atoms with Crippen molar-refractivity contribution in [3.8, 4) is 0 Å². The molecule has 11 heavy (non-hydrogen) atoms. The molecule has 0 spiro atoms. The summed E-state index contributed by atoms with van der Waals surface area (Å²) < 4.78 is 0. The molecule has 1 saturated heterocycles. The molecule has 1 rings (SSSR count). The van der Waals surface area contributed by atoms with Crippen molar-refractivity contribution >= 4 is 12.4 Å². The number of rotatable bonds is 2. The van der Waals surface area contributed by atoms with Crippen LogP contribution < -0.4 is 0 Å². The van der Waals surface area contributed by atoms with Gasteiger partial charge in [0.15, 0.2) is 0 Å². The predicted molar refractivity (Wildman–Crippen MR) is 37.6 cm³/mol. The highest BCUT2D eigenvalue weighted by Crippen LogP contribution is 2.20. The lowest BCUT2D eigenvalue weighted by atomic mass is 10.1. The molecule has 2 unspecified atom stereocenters. The molecule has 0 aromatic heterocycles. The van der Waals surface area contributed by atoms with Crippen LogP contribution in [0.4, 0.5) is 0 Å². The molecule has 0 aromatic rings. The van der Waals surface area contributed by atoms with Gasteiger partial charge in [-0.3, -0.25) is 4.79 Å². The molecule has 1 N–H and O–H groups in total. The highest BCUT2D eigenvalue weighted by Gasteiger charge is 2.34. The Labute approximate surface area is 64.8 Å². The van der Waals surface area contributed by atoms with Gasteiger partial charge in [-0.25, -0.2) is 4.79 Å². The topological polar surface area (TPSA) is 57.6 Å². The Morgan fingerprint density at radius 3 is 2.73 bits per heavy atom. The maximum absolute atomic E-state index is 10.5. The van der Waals surface area contributed by atoms with Gasteiger partial charge in [0.25, 0.3) is 0 Å². The van der Waals surface area contributed by atoms with Gasteiger partial charge in [-0.2, -0.15) is 0 Å². The van der Waals surface area contributed by atoms with Crippen molar-refractivity contribution in [1.29, 1.82) is 0 Å². The van der Waals surface area contributed by atoms with Gasteiger partial charge < -0.3 is 10.0 Å². The number of carboxylic acids is 1. The van der Waals surface area contributed by atoms with Crippen LogP contribution >= 0.6 is 0 Å². The van der Waals surface area contributed by atoms with Crippen molar-refractivity contribution in [2.45, 2.75) is 19.4 Å². The number of hydrogen-bond donors (Lipinski definition) is 1. The fourth-order valence-electron chi connectivity index (χ4n) is 1.38. The van der Waals surface area contributed by atoms with Crippen molar-refractivity contribution in [1.82, 2.24) is 4.90 Å². The van der Waals surface area contributed by atoms with Crippen molar-refractivity contribution in [3.05, 3.63) is 0 Å². The molecule has 1 aliphatic heterocycles. The molecule has 1 aliphatic rings. The summed E-state index contributed by atoms with van der Waals surface area (Å²) in [4.78, 5) is 21.9. The molecule has 4 heteroatoms. The second-order valence-corrected chi connectivity index (χ2v) is 2.94. The number of likely N-dealkylation sites (tertiary alicyclic amines) is 1. The van der Waals surface area contributed by atoms with Gasteiger partial charge in [-0.15, -0.1) is 0 Å². The van der Waals surface area contributed by atoms with E-state index in [-0.39, 0.29) is 5.92 Å². The van der Waals surface area contributed by atoms with E-state index in [1.54, 1.807) is 6.41 Å². The first kappa shape index (κ1) is 8.04. The summed E-state index contributed by atoms with van der Waals surface area (Å²) in [6.45, 7) is 2.44. The lowest BCUT2D eigenvalue weighted by Gasteiger charge is -2.12. The van der Waals surface area contributed by atoms with E-state index in [1.807, 2.05) is 6.92 Å². The van der Waals surface area contributed by atoms with Crippen molar-refractivity contribution in [3.63, 3.8) is 0 Å². The van der Waals surface area contributed by atoms with Crippen LogP contribution in [-0.2, 0) is 9.59 Å². The van der Waals surface area contributed by atoms with Crippen LogP contribution in [0.3, 0.4) is 0 Å². The third-order valence-electron chi connectivity index (χ3n) is 1.91. The van der Waals surface area contributed by atoms with Crippen molar-refractivity contribution in [2.24, 2.45) is 5.92 Å². The smallest absolute Gasteiger partial charge is 0.326 e. The van der Waals surface area contributed by atoms with Crippen molar-refractivity contribution < 1.29 is 14.7 Å². The molecule has 1 amide bonds. The minimum Gasteiger partial charge on any atom is -0.480 e. The van der Waals surface area contributed by atoms with Gasteiger partial charge in [0, 0.05) is 6.54 Å². The monoisotopic (exact) mass is 156 g/mol. The minimum absolute atomic E-state index is 0.276. The Kier molecular flexibility index (Phi) is 2.12. The average Bonchev–Trinajstić information content (AvgIpc) is 2.30. The molecular formula is C7H10NO3. The van der Waals surface area contributed by atoms with E-state index >= 15 is 0 Å². The molecule has 61 valence electrons. The summed E-state index contributed by atoms with van der Waals surface area (Å²) in [5.41, 5.74) is 0. The Bertz CT molecular complexity index is 181. The molecule has 0 saturated carbocycles. The SMILES string of the molecule is CC1CC(C(=O)O)N([C]=O)C1. The van der Waals surface area contributed by atoms with E-state index in [9.17, 15) is 9.59 Å². The highest BCUT2D eigenvalue weighted by molar-refractivity contribution is 5.76. The maximum Gasteiger partial charge on any atom is 0.326 e. The normalized spacial score (nSPS) is 30.5. The molecule has 0 aromatic carbocycles. The van der Waals surface area contributed by atoms with Crippen LogP contribution in [0, 0.1) is 5.92 Å². The second-order valence-electron chi connectivity index (χ2n) is 2.94. The molecule has 0 aliphatic carbocycles. The van der Waals surface area contributed by atoms with Crippen molar-refractivity contribution in [2.75, 3.05) is 6.54 Å². The largest absolute Gasteiger partial charge is 0.480 e. The maximum atomic E-state index is 10.5. The van der Waals surface area contributed by atoms with E-state index in [4.69, 9.17) is 5.11 Å². The third kappa shape index (κ3) is 1.50. The molecule has 2 atom stereocenters. The summed E-state index contributed by atoms with van der Waals surface area (Å²) in [5, 5.41) is 8.61. The van der Waals surface area contributed by atoms with E-state index in [2.05, 4.69) is 0 Å². The summed E-state index contributed by atoms with van der Waals surface area (Å²) in [6, 6.07) is -0.650. The molecule has 4 nitrogen and oxygen atoms in total. The number of hydrogen-bond acceptors (Lipinski definition) is 2. The fraction of sp³-hybridized carbons (Fsp3) is 0.714. The number of carbonyl (C=O) groups is 1. The summed E-state index contributed by atoms with van der Waals surface area (Å²) in [6.07, 6.45) is 2.17. The van der Waals surface area contributed by atoms with Gasteiger partial charge >= 0.3 is 12.4 Å². The number of amides is 1. The Hall–Kier alpha value is -1.06. The summed E-state index contributed by atoms with van der Waals surface area (Å²) in [7, 11) is 0. The van der Waals surface area contributed by atoms with Crippen LogP contribution in [-0.4, -0.2) is 35.0 Å². The zero-order chi connectivity index (χ0) is 8.43. The molecule has 1 heterocycles. The van der Waals surface area contributed by atoms with Gasteiger partial charge in [0.1, 0.15) is 6.04 Å². The molecular weight excluding hydrogens is 146 g/mol. The lowest BCUT2D eigenvalue weighted by molar-refractivity contribution is -0.140. The Balaban J connectivity index is 2.64. The van der Waals surface area contributed by atoms with Crippen LogP contribution in [0.1, 0.15) is 13.3 Å². The third-order valence-corrected chi connectivity index (χ3v) is 1.91. The predicted octanol–water partition coefficient (Wildman–Crippen LogP) is -0.151. The summed E-state index contributed by atoms with van der Waals surface area (Å²) in [5.74, 6) is -0.657. The number of carbonyl (C=O) groups excluding carboxylic acids is 1. The van der Waals surface area contributed by atoms with Crippen LogP contribution in [0.5, 0.6) is 0 Å². The van der Waals surface area contributed by atoms with Gasteiger partial charge in [-0.1, -0.05) is 6.92 Å². The van der Waals surface area contributed by atoms with Crippen LogP contribution in [0.2, 0.25) is 0 Å². The molecule has 1 fully saturated rings. The minimum atomic E-state index is -0.933. The molecule has 0 bridgehead atoms. The zero-order valence-electron chi connectivity index (χ0n) is 6.28. The van der Waals surface area contributed by atoms with E-state index in [0.717, 1.165) is 0 Å². The number of nitrogens with zero attached hydrogens (tertiary/aromatic N) is 1. The Morgan fingerprint density at radius 2 is 2.36 bits per heavy atom. The first-order valence-corrected chi connectivity index (χ1v) is 3.52. The van der Waals surface area contributed by atoms with Crippen LogP contribution in [0.15, 0.2) is 0 Å². The number of carboxylic acid groups (broad SMARTS) is 1. The van der Waals surface area contributed by atoms with E-state index in [0.29, 0.717) is 13.0 Å². The Morgan fingerprint density at radius 1 is 1.73 bits per heavy atom. The summed E-state index contributed by atoms with van der Waals surface area (Å²) >= 11 is 0. The average molecular weight is 156 g/mol. The lowest BCUT2D eigenvalue weighted by Crippen LogP contribution is -2.34.